The topological polar surface area (TPSA) is 147 Å². The highest BCUT2D eigenvalue weighted by molar-refractivity contribution is 5.85. The number of benzene rings is 2. The van der Waals surface area contributed by atoms with E-state index in [1.54, 1.807) is 46.6 Å². The molecule has 3 rings (SSSR count). The van der Waals surface area contributed by atoms with E-state index in [2.05, 4.69) is 27.5 Å². The Morgan fingerprint density at radius 1 is 0.902 bits per heavy atom. The van der Waals surface area contributed by atoms with Gasteiger partial charge in [-0.05, 0) is 62.4 Å². The van der Waals surface area contributed by atoms with E-state index in [4.69, 9.17) is 9.47 Å². The van der Waals surface area contributed by atoms with Crippen LogP contribution in [-0.2, 0) is 22.5 Å². The average molecular weight is 713 g/mol. The van der Waals surface area contributed by atoms with Gasteiger partial charge in [-0.3, -0.25) is 20.0 Å². The summed E-state index contributed by atoms with van der Waals surface area (Å²) in [5, 5.41) is 25.8. The van der Waals surface area contributed by atoms with Gasteiger partial charge in [-0.15, -0.1) is 0 Å². The van der Waals surface area contributed by atoms with Crippen molar-refractivity contribution in [2.45, 2.75) is 85.2 Å². The Balaban J connectivity index is 1.79. The van der Waals surface area contributed by atoms with Crippen molar-refractivity contribution < 1.29 is 34.1 Å². The molecule has 0 spiro atoms. The van der Waals surface area contributed by atoms with Gasteiger partial charge in [-0.1, -0.05) is 70.2 Å². The second-order valence-electron chi connectivity index (χ2n) is 15.3. The first-order chi connectivity index (χ1) is 23.9. The van der Waals surface area contributed by atoms with Gasteiger partial charge in [0.25, 0.3) is 5.91 Å². The predicted octanol–water partition coefficient (Wildman–Crippen LogP) is 4.06. The van der Waals surface area contributed by atoms with Gasteiger partial charge in [0.1, 0.15) is 24.0 Å². The molecule has 1 aliphatic heterocycles. The van der Waals surface area contributed by atoms with Gasteiger partial charge < -0.3 is 29.9 Å². The third kappa shape index (κ3) is 14.3. The summed E-state index contributed by atoms with van der Waals surface area (Å²) in [4.78, 5) is 44.5. The smallest absolute Gasteiger partial charge is 0.407 e. The number of aliphatic hydroxyl groups excluding tert-OH is 1. The number of hydrogen-bond donors (Lipinski definition) is 4. The number of likely N-dealkylation sites (N-methyl/N-ethyl adjacent to an activating group) is 2. The molecular weight excluding hydrogens is 652 g/mol. The van der Waals surface area contributed by atoms with E-state index in [9.17, 15) is 24.6 Å². The molecule has 4 N–H and O–H groups in total. The van der Waals surface area contributed by atoms with Crippen molar-refractivity contribution in [3.8, 4) is 5.75 Å². The van der Waals surface area contributed by atoms with Gasteiger partial charge in [0.2, 0.25) is 0 Å². The Bertz CT molecular complexity index is 1370. The van der Waals surface area contributed by atoms with E-state index in [-0.39, 0.29) is 13.1 Å². The monoisotopic (exact) mass is 712 g/mol. The molecule has 0 saturated carbocycles. The fourth-order valence-electron chi connectivity index (χ4n) is 6.12. The van der Waals surface area contributed by atoms with Crippen molar-refractivity contribution in [1.82, 2.24) is 30.5 Å². The number of aliphatic hydroxyl groups is 1. The van der Waals surface area contributed by atoms with Crippen LogP contribution in [0.25, 0.3) is 0 Å². The van der Waals surface area contributed by atoms with Crippen molar-refractivity contribution in [1.29, 1.82) is 0 Å². The van der Waals surface area contributed by atoms with Gasteiger partial charge in [0, 0.05) is 52.9 Å². The van der Waals surface area contributed by atoms with Crippen LogP contribution in [0.3, 0.4) is 0 Å². The van der Waals surface area contributed by atoms with Crippen molar-refractivity contribution in [2.24, 2.45) is 5.41 Å². The maximum atomic E-state index is 13.8. The maximum absolute atomic E-state index is 13.8. The minimum absolute atomic E-state index is 0.0871. The molecule has 2 aromatic carbocycles. The number of amides is 3. The first-order valence-electron chi connectivity index (χ1n) is 17.8. The molecule has 0 aliphatic carbocycles. The van der Waals surface area contributed by atoms with E-state index >= 15 is 0 Å². The van der Waals surface area contributed by atoms with E-state index in [1.807, 2.05) is 54.6 Å². The Labute approximate surface area is 303 Å². The highest BCUT2D eigenvalue weighted by Gasteiger charge is 2.38. The SMILES string of the molecule is CCN1CCN(CCOc2ccc(CN(CC(O)C(Cc3ccccc3)NC(=O)OC(C)(C)C)NC(=O)C(N(C)C(=O)O)C(C)(C)C)cc2)CC1. The third-order valence-electron chi connectivity index (χ3n) is 8.78. The summed E-state index contributed by atoms with van der Waals surface area (Å²) < 4.78 is 11.5. The van der Waals surface area contributed by atoms with Crippen LogP contribution in [0.5, 0.6) is 5.75 Å². The number of hydrazine groups is 1. The first kappa shape index (κ1) is 41.5. The standard InChI is InChI=1S/C38H60N6O7/c1-9-42-19-21-43(22-20-42)23-24-50-30-17-15-29(16-18-30)26-44(40-34(46)33(37(2,3)4)41(8)36(48)49)27-32(45)31(25-28-13-11-10-12-14-28)39-35(47)51-38(5,6)7/h10-18,31-33,45H,9,19-27H2,1-8H3,(H,39,47)(H,40,46)(H,48,49). The third-order valence-corrected chi connectivity index (χ3v) is 8.78. The Morgan fingerprint density at radius 2 is 1.51 bits per heavy atom. The predicted molar refractivity (Wildman–Crippen MR) is 197 cm³/mol. The molecule has 284 valence electrons. The van der Waals surface area contributed by atoms with Crippen molar-refractivity contribution in [2.75, 3.05) is 59.5 Å². The number of alkyl carbamates (subject to hydrolysis) is 1. The number of ether oxygens (including phenoxy) is 2. The van der Waals surface area contributed by atoms with Crippen LogP contribution >= 0.6 is 0 Å². The van der Waals surface area contributed by atoms with Gasteiger partial charge in [0.15, 0.2) is 0 Å². The molecule has 3 atom stereocenters. The lowest BCUT2D eigenvalue weighted by atomic mass is 9.85. The summed E-state index contributed by atoms with van der Waals surface area (Å²) in [6, 6.07) is 15.2. The number of carbonyl (C=O) groups is 3. The van der Waals surface area contributed by atoms with Gasteiger partial charge in [-0.2, -0.15) is 0 Å². The number of nitrogens with zero attached hydrogens (tertiary/aromatic N) is 4. The lowest BCUT2D eigenvalue weighted by Gasteiger charge is -2.37. The fraction of sp³-hybridized carbons (Fsp3) is 0.605. The summed E-state index contributed by atoms with van der Waals surface area (Å²) >= 11 is 0. The number of carboxylic acid groups (broad SMARTS) is 1. The fourth-order valence-corrected chi connectivity index (χ4v) is 6.12. The number of carbonyl (C=O) groups excluding carboxylic acids is 2. The Kier molecular flexibility index (Phi) is 15.5. The van der Waals surface area contributed by atoms with Crippen LogP contribution in [0.4, 0.5) is 9.59 Å². The van der Waals surface area contributed by atoms with E-state index in [1.165, 1.54) is 7.05 Å². The molecule has 0 radical (unpaired) electrons. The van der Waals surface area contributed by atoms with Gasteiger partial charge in [-0.25, -0.2) is 14.6 Å². The quantitative estimate of drug-likeness (QED) is 0.188. The van der Waals surface area contributed by atoms with E-state index in [0.29, 0.717) is 13.0 Å². The number of piperazine rings is 1. The molecular formula is C38H60N6O7. The number of nitrogens with one attached hydrogen (secondary N) is 2. The largest absolute Gasteiger partial charge is 0.492 e. The minimum atomic E-state index is -1.24. The minimum Gasteiger partial charge on any atom is -0.492 e. The van der Waals surface area contributed by atoms with Crippen LogP contribution in [0.2, 0.25) is 0 Å². The van der Waals surface area contributed by atoms with Crippen molar-refractivity contribution in [3.05, 3.63) is 65.7 Å². The van der Waals surface area contributed by atoms with Crippen LogP contribution in [-0.4, -0.2) is 131 Å². The molecule has 3 amide bonds. The zero-order chi connectivity index (χ0) is 37.8. The second kappa shape index (κ2) is 19.1. The second-order valence-corrected chi connectivity index (χ2v) is 15.3. The summed E-state index contributed by atoms with van der Waals surface area (Å²) in [6.07, 6.45) is -2.77. The molecule has 0 aromatic heterocycles. The molecule has 0 bridgehead atoms. The number of rotatable bonds is 16. The Morgan fingerprint density at radius 3 is 2.06 bits per heavy atom. The molecule has 1 saturated heterocycles. The number of hydrogen-bond acceptors (Lipinski definition) is 9. The lowest BCUT2D eigenvalue weighted by Crippen LogP contribution is -2.59. The van der Waals surface area contributed by atoms with Crippen LogP contribution < -0.4 is 15.5 Å². The first-order valence-corrected chi connectivity index (χ1v) is 17.8. The summed E-state index contributed by atoms with van der Waals surface area (Å²) in [6.45, 7) is 19.6. The van der Waals surface area contributed by atoms with Gasteiger partial charge >= 0.3 is 12.2 Å². The zero-order valence-corrected chi connectivity index (χ0v) is 31.7. The van der Waals surface area contributed by atoms with Crippen molar-refractivity contribution >= 4 is 18.1 Å². The van der Waals surface area contributed by atoms with E-state index in [0.717, 1.165) is 61.0 Å². The van der Waals surface area contributed by atoms with Crippen LogP contribution in [0.1, 0.15) is 59.6 Å². The van der Waals surface area contributed by atoms with Crippen molar-refractivity contribution in [3.63, 3.8) is 0 Å². The Hall–Kier alpha value is -3.91. The maximum Gasteiger partial charge on any atom is 0.407 e. The average Bonchev–Trinajstić information content (AvgIpc) is 3.04. The highest BCUT2D eigenvalue weighted by atomic mass is 16.6. The zero-order valence-electron chi connectivity index (χ0n) is 31.7. The summed E-state index contributed by atoms with van der Waals surface area (Å²) in [5.74, 6) is 0.181. The highest BCUT2D eigenvalue weighted by Crippen LogP contribution is 2.24. The summed E-state index contributed by atoms with van der Waals surface area (Å²) in [7, 11) is 1.36. The molecule has 2 aromatic rings. The molecule has 13 heteroatoms. The summed E-state index contributed by atoms with van der Waals surface area (Å²) in [5.41, 5.74) is 3.12. The lowest BCUT2D eigenvalue weighted by molar-refractivity contribution is -0.135. The molecule has 1 heterocycles. The van der Waals surface area contributed by atoms with Crippen LogP contribution in [0, 0.1) is 5.41 Å². The molecule has 13 nitrogen and oxygen atoms in total. The molecule has 1 aliphatic rings. The molecule has 51 heavy (non-hydrogen) atoms. The molecule has 1 fully saturated rings. The van der Waals surface area contributed by atoms with E-state index < -0.39 is 47.3 Å². The molecule has 3 unspecified atom stereocenters. The van der Waals surface area contributed by atoms with Crippen LogP contribution in [0.15, 0.2) is 54.6 Å². The van der Waals surface area contributed by atoms with Gasteiger partial charge in [0.05, 0.1) is 12.1 Å². The normalized spacial score (nSPS) is 16.2.